The molecule has 2 amide bonds. The van der Waals surface area contributed by atoms with E-state index in [1.807, 2.05) is 0 Å². The molecule has 0 atom stereocenters. The van der Waals surface area contributed by atoms with Crippen LogP contribution < -0.4 is 5.32 Å². The standard InChI is InChI=1S/C22H23Cl2FN2O4S.CH2F2/c1-2-32(30,31)20-7-6-16(23)9-15(20)12-26-22(29)14-10-18(24)17(19(25)11-14)13-27-8-4-3-5-21(27)28;2-1-3/h6-7,9-11H,2-5,8,12-13H2,1H3,(H,26,29);1H2. The molecule has 1 heterocycles. The van der Waals surface area contributed by atoms with Crippen LogP contribution in [0.3, 0.4) is 0 Å². The Balaban J connectivity index is 0.00000137. The third-order valence-corrected chi connectivity index (χ3v) is 7.75. The lowest BCUT2D eigenvalue weighted by molar-refractivity contribution is -0.133. The summed E-state index contributed by atoms with van der Waals surface area (Å²) in [6.07, 6.45) is 2.10. The van der Waals surface area contributed by atoms with E-state index in [1.165, 1.54) is 31.2 Å². The van der Waals surface area contributed by atoms with Crippen molar-refractivity contribution in [2.45, 2.75) is 44.2 Å². The second kappa shape index (κ2) is 13.1. The Morgan fingerprint density at radius 3 is 2.43 bits per heavy atom. The molecule has 0 radical (unpaired) electrons. The van der Waals surface area contributed by atoms with Crippen molar-refractivity contribution in [1.82, 2.24) is 10.2 Å². The van der Waals surface area contributed by atoms with Crippen LogP contribution in [0.5, 0.6) is 0 Å². The number of piperidine rings is 1. The second-order valence-corrected chi connectivity index (χ2v) is 10.7. The minimum absolute atomic E-state index is 0.0110. The maximum Gasteiger partial charge on any atom is 0.251 e. The maximum absolute atomic E-state index is 14.7. The zero-order chi connectivity index (χ0) is 26.2. The van der Waals surface area contributed by atoms with Gasteiger partial charge in [-0.3, -0.25) is 9.59 Å². The van der Waals surface area contributed by atoms with Gasteiger partial charge in [-0.1, -0.05) is 30.1 Å². The first-order chi connectivity index (χ1) is 16.5. The minimum Gasteiger partial charge on any atom is -0.348 e. The zero-order valence-electron chi connectivity index (χ0n) is 18.9. The summed E-state index contributed by atoms with van der Waals surface area (Å²) in [5.41, 5.74) is 0.479. The number of amides is 2. The fourth-order valence-corrected chi connectivity index (χ4v) is 5.11. The highest BCUT2D eigenvalue weighted by molar-refractivity contribution is 7.91. The summed E-state index contributed by atoms with van der Waals surface area (Å²) in [5, 5.41) is 2.97. The van der Waals surface area contributed by atoms with Crippen molar-refractivity contribution in [3.63, 3.8) is 0 Å². The van der Waals surface area contributed by atoms with E-state index in [4.69, 9.17) is 23.2 Å². The van der Waals surface area contributed by atoms with Gasteiger partial charge in [0.25, 0.3) is 5.91 Å². The summed E-state index contributed by atoms with van der Waals surface area (Å²) in [4.78, 5) is 26.2. The average Bonchev–Trinajstić information content (AvgIpc) is 2.81. The number of benzene rings is 2. The molecule has 35 heavy (non-hydrogen) atoms. The summed E-state index contributed by atoms with van der Waals surface area (Å²) < 4.78 is 58.6. The number of likely N-dealkylation sites (tertiary alicyclic amines) is 1. The van der Waals surface area contributed by atoms with E-state index in [-0.39, 0.29) is 45.8 Å². The molecule has 192 valence electrons. The number of hydrogen-bond donors (Lipinski definition) is 1. The van der Waals surface area contributed by atoms with E-state index < -0.39 is 28.5 Å². The van der Waals surface area contributed by atoms with Crippen molar-refractivity contribution in [3.8, 4) is 0 Å². The number of nitrogens with zero attached hydrogens (tertiary/aromatic N) is 1. The van der Waals surface area contributed by atoms with Gasteiger partial charge in [-0.25, -0.2) is 21.6 Å². The number of sulfone groups is 1. The SMILES string of the molecule is CCS(=O)(=O)c1ccc(Cl)cc1CNC(=O)c1cc(F)c(CN2CCCCC2=O)c(Cl)c1.FCF. The first-order valence-electron chi connectivity index (χ1n) is 10.7. The molecule has 0 aliphatic carbocycles. The number of carbonyl (C=O) groups is 2. The van der Waals surface area contributed by atoms with Crippen molar-refractivity contribution in [3.05, 3.63) is 62.9 Å². The van der Waals surface area contributed by atoms with Crippen LogP contribution in [0.25, 0.3) is 0 Å². The number of halogens is 5. The highest BCUT2D eigenvalue weighted by Crippen LogP contribution is 2.26. The molecule has 1 saturated heterocycles. The largest absolute Gasteiger partial charge is 0.348 e. The highest BCUT2D eigenvalue weighted by Gasteiger charge is 2.22. The molecular weight excluding hydrogens is 528 g/mol. The van der Waals surface area contributed by atoms with E-state index >= 15 is 0 Å². The molecule has 1 fully saturated rings. The van der Waals surface area contributed by atoms with E-state index in [1.54, 1.807) is 4.90 Å². The molecule has 0 spiro atoms. The van der Waals surface area contributed by atoms with Crippen LogP contribution in [0.15, 0.2) is 35.2 Å². The van der Waals surface area contributed by atoms with E-state index in [0.717, 1.165) is 18.9 Å². The lowest BCUT2D eigenvalue weighted by Crippen LogP contribution is -2.35. The molecule has 0 unspecified atom stereocenters. The molecule has 2 aromatic rings. The van der Waals surface area contributed by atoms with Crippen LogP contribution in [0.2, 0.25) is 10.0 Å². The normalized spacial score (nSPS) is 13.8. The summed E-state index contributed by atoms with van der Waals surface area (Å²) in [6, 6.07) is 6.74. The van der Waals surface area contributed by atoms with Crippen molar-refractivity contribution in [1.29, 1.82) is 0 Å². The van der Waals surface area contributed by atoms with Crippen molar-refractivity contribution in [2.24, 2.45) is 0 Å². The number of alkyl halides is 2. The highest BCUT2D eigenvalue weighted by atomic mass is 35.5. The number of nitrogens with one attached hydrogen (secondary N) is 1. The van der Waals surface area contributed by atoms with Gasteiger partial charge in [0.15, 0.2) is 9.84 Å². The first-order valence-corrected chi connectivity index (χ1v) is 13.1. The Labute approximate surface area is 212 Å². The van der Waals surface area contributed by atoms with Crippen LogP contribution in [-0.4, -0.2) is 44.4 Å². The Morgan fingerprint density at radius 1 is 1.14 bits per heavy atom. The Morgan fingerprint density at radius 2 is 1.83 bits per heavy atom. The monoisotopic (exact) mass is 552 g/mol. The average molecular weight is 553 g/mol. The van der Waals surface area contributed by atoms with Gasteiger partial charge < -0.3 is 10.2 Å². The third-order valence-electron chi connectivity index (χ3n) is 5.35. The number of carbonyl (C=O) groups excluding carboxylic acids is 2. The molecular formula is C23H25Cl2F3N2O4S. The predicted molar refractivity (Wildman–Crippen MR) is 128 cm³/mol. The van der Waals surface area contributed by atoms with Gasteiger partial charge in [-0.05, 0) is 48.7 Å². The lowest BCUT2D eigenvalue weighted by atomic mass is 10.1. The smallest absolute Gasteiger partial charge is 0.251 e. The van der Waals surface area contributed by atoms with E-state index in [2.05, 4.69) is 5.32 Å². The van der Waals surface area contributed by atoms with Crippen molar-refractivity contribution in [2.75, 3.05) is 19.2 Å². The molecule has 0 bridgehead atoms. The zero-order valence-corrected chi connectivity index (χ0v) is 21.3. The summed E-state index contributed by atoms with van der Waals surface area (Å²) in [6.45, 7) is 0.249. The van der Waals surface area contributed by atoms with Crippen LogP contribution in [-0.2, 0) is 27.7 Å². The fourth-order valence-electron chi connectivity index (χ4n) is 3.53. The number of hydrogen-bond acceptors (Lipinski definition) is 4. The van der Waals surface area contributed by atoms with Crippen LogP contribution >= 0.6 is 23.2 Å². The molecule has 1 aliphatic rings. The van der Waals surface area contributed by atoms with Gasteiger partial charge in [-0.15, -0.1) is 0 Å². The van der Waals surface area contributed by atoms with Gasteiger partial charge in [-0.2, -0.15) is 0 Å². The van der Waals surface area contributed by atoms with Crippen LogP contribution in [0, 0.1) is 5.82 Å². The molecule has 0 saturated carbocycles. The third kappa shape index (κ3) is 7.85. The molecule has 12 heteroatoms. The fraction of sp³-hybridized carbons (Fsp3) is 0.391. The maximum atomic E-state index is 14.7. The van der Waals surface area contributed by atoms with E-state index in [0.29, 0.717) is 23.6 Å². The van der Waals surface area contributed by atoms with Gasteiger partial charge in [0.2, 0.25) is 12.8 Å². The van der Waals surface area contributed by atoms with Gasteiger partial charge in [0.1, 0.15) is 5.82 Å². The van der Waals surface area contributed by atoms with Gasteiger partial charge in [0, 0.05) is 47.2 Å². The molecule has 6 nitrogen and oxygen atoms in total. The topological polar surface area (TPSA) is 83.6 Å². The molecule has 3 rings (SSSR count). The van der Waals surface area contributed by atoms with E-state index in [9.17, 15) is 31.2 Å². The molecule has 2 aromatic carbocycles. The molecule has 1 aliphatic heterocycles. The Bertz CT molecular complexity index is 1160. The minimum atomic E-state index is -3.52. The lowest BCUT2D eigenvalue weighted by Gasteiger charge is -2.27. The van der Waals surface area contributed by atoms with Gasteiger partial charge in [0.05, 0.1) is 10.6 Å². The van der Waals surface area contributed by atoms with Crippen LogP contribution in [0.4, 0.5) is 13.2 Å². The predicted octanol–water partition coefficient (Wildman–Crippen LogP) is 5.25. The van der Waals surface area contributed by atoms with Crippen molar-refractivity contribution >= 4 is 44.9 Å². The summed E-state index contributed by atoms with van der Waals surface area (Å²) in [7, 11) is -3.52. The Hall–Kier alpha value is -2.30. The van der Waals surface area contributed by atoms with Crippen LogP contribution in [0.1, 0.15) is 47.7 Å². The molecule has 0 aromatic heterocycles. The second-order valence-electron chi connectivity index (χ2n) is 7.63. The summed E-state index contributed by atoms with van der Waals surface area (Å²) in [5.74, 6) is -1.45. The quantitative estimate of drug-likeness (QED) is 0.508. The summed E-state index contributed by atoms with van der Waals surface area (Å²) >= 11 is 12.2. The number of rotatable bonds is 7. The Kier molecular flexibility index (Phi) is 10.9. The molecule has 1 N–H and O–H groups in total. The first kappa shape index (κ1) is 28.9. The van der Waals surface area contributed by atoms with Gasteiger partial charge >= 0.3 is 0 Å². The van der Waals surface area contributed by atoms with Crippen molar-refractivity contribution < 1.29 is 31.2 Å².